The molecule has 0 bridgehead atoms. The van der Waals surface area contributed by atoms with Crippen molar-refractivity contribution in [2.75, 3.05) is 5.88 Å². The molecule has 3 unspecified atom stereocenters. The van der Waals surface area contributed by atoms with Crippen LogP contribution in [0.5, 0.6) is 0 Å². The zero-order valence-corrected chi connectivity index (χ0v) is 20.5. The topological polar surface area (TPSA) is 93.8 Å². The minimum Gasteiger partial charge on any atom is -0.457 e. The van der Waals surface area contributed by atoms with Gasteiger partial charge >= 0.3 is 5.97 Å². The Kier molecular flexibility index (Phi) is 5.49. The first-order chi connectivity index (χ1) is 16.1. The molecule has 1 heterocycles. The molecule has 6 nitrogen and oxygen atoms in total. The van der Waals surface area contributed by atoms with Crippen LogP contribution in [0.3, 0.4) is 0 Å². The summed E-state index contributed by atoms with van der Waals surface area (Å²) in [5.74, 6) is -1.46. The van der Waals surface area contributed by atoms with Gasteiger partial charge in [-0.25, -0.2) is 4.79 Å². The summed E-state index contributed by atoms with van der Waals surface area (Å²) in [5.41, 5.74) is -1.58. The van der Waals surface area contributed by atoms with Crippen LogP contribution >= 0.6 is 11.6 Å². The van der Waals surface area contributed by atoms with Gasteiger partial charge in [0.15, 0.2) is 17.2 Å². The average molecular weight is 487 g/mol. The third-order valence-electron chi connectivity index (χ3n) is 9.55. The second kappa shape index (κ2) is 7.92. The molecular weight excluding hydrogens is 456 g/mol. The molecule has 34 heavy (non-hydrogen) atoms. The monoisotopic (exact) mass is 486 g/mol. The Bertz CT molecular complexity index is 1090. The normalized spacial score (nSPS) is 42.9. The molecular formula is C27H31ClO6. The number of hydrogen-bond donors (Lipinski definition) is 1. The minimum absolute atomic E-state index is 0.00730. The van der Waals surface area contributed by atoms with Gasteiger partial charge in [-0.3, -0.25) is 9.59 Å². The average Bonchev–Trinajstić information content (AvgIpc) is 3.40. The largest absolute Gasteiger partial charge is 0.457 e. The third kappa shape index (κ3) is 3.00. The van der Waals surface area contributed by atoms with Crippen molar-refractivity contribution in [1.82, 2.24) is 0 Å². The predicted octanol–water partition coefficient (Wildman–Crippen LogP) is 4.51. The number of carbonyl (C=O) groups excluding carboxylic acids is 3. The van der Waals surface area contributed by atoms with Gasteiger partial charge < -0.3 is 14.3 Å². The van der Waals surface area contributed by atoms with E-state index < -0.39 is 28.5 Å². The van der Waals surface area contributed by atoms with Crippen molar-refractivity contribution < 1.29 is 28.6 Å². The summed E-state index contributed by atoms with van der Waals surface area (Å²) in [7, 11) is 0. The second-order valence-electron chi connectivity index (χ2n) is 11.0. The van der Waals surface area contributed by atoms with E-state index >= 15 is 0 Å². The molecule has 0 radical (unpaired) electrons. The minimum atomic E-state index is -1.45. The van der Waals surface area contributed by atoms with E-state index in [1.165, 1.54) is 12.3 Å². The van der Waals surface area contributed by atoms with Crippen molar-refractivity contribution in [2.45, 2.75) is 58.2 Å². The number of fused-ring (bicyclic) bond motifs is 5. The van der Waals surface area contributed by atoms with Crippen LogP contribution in [0.15, 0.2) is 46.6 Å². The number of alkyl halides is 1. The Morgan fingerprint density at radius 1 is 1.32 bits per heavy atom. The van der Waals surface area contributed by atoms with Gasteiger partial charge in [-0.2, -0.15) is 0 Å². The van der Waals surface area contributed by atoms with Crippen LogP contribution < -0.4 is 0 Å². The maximum Gasteiger partial charge on any atom is 0.375 e. The van der Waals surface area contributed by atoms with Crippen molar-refractivity contribution in [2.24, 2.45) is 34.5 Å². The molecule has 1 aromatic heterocycles. The van der Waals surface area contributed by atoms with Gasteiger partial charge in [0.05, 0.1) is 18.2 Å². The van der Waals surface area contributed by atoms with Crippen molar-refractivity contribution in [3.63, 3.8) is 0 Å². The number of furan rings is 1. The Morgan fingerprint density at radius 2 is 2.09 bits per heavy atom. The molecule has 3 saturated carbocycles. The number of esters is 1. The molecule has 0 aliphatic heterocycles. The summed E-state index contributed by atoms with van der Waals surface area (Å²) in [6, 6.07) is 3.11. The molecule has 1 N–H and O–H groups in total. The number of aliphatic hydroxyl groups is 1. The summed E-state index contributed by atoms with van der Waals surface area (Å²) in [4.78, 5) is 38.6. The molecule has 0 spiro atoms. The molecule has 1 aromatic rings. The highest BCUT2D eigenvalue weighted by Gasteiger charge is 2.72. The van der Waals surface area contributed by atoms with E-state index in [2.05, 4.69) is 6.92 Å². The lowest BCUT2D eigenvalue weighted by atomic mass is 9.46. The number of allylic oxidation sites excluding steroid dienone is 4. The summed E-state index contributed by atoms with van der Waals surface area (Å²) >= 11 is 6.11. The number of ether oxygens (including phenoxy) is 1. The van der Waals surface area contributed by atoms with Gasteiger partial charge in [-0.15, -0.1) is 11.6 Å². The number of Topliss-reactive ketones (excluding diaryl/α,β-unsaturated/α-hetero) is 1. The first-order valence-corrected chi connectivity index (χ1v) is 12.6. The van der Waals surface area contributed by atoms with E-state index in [-0.39, 0.29) is 46.9 Å². The zero-order valence-electron chi connectivity index (χ0n) is 19.8. The number of ketones is 2. The molecule has 4 aliphatic carbocycles. The second-order valence-corrected chi connectivity index (χ2v) is 11.3. The lowest BCUT2D eigenvalue weighted by molar-refractivity contribution is -0.181. The smallest absolute Gasteiger partial charge is 0.375 e. The van der Waals surface area contributed by atoms with E-state index in [0.29, 0.717) is 12.8 Å². The summed E-state index contributed by atoms with van der Waals surface area (Å²) in [5, 5.41) is 11.6. The predicted molar refractivity (Wildman–Crippen MR) is 125 cm³/mol. The first-order valence-electron chi connectivity index (χ1n) is 12.1. The van der Waals surface area contributed by atoms with E-state index in [1.54, 1.807) is 18.2 Å². The molecule has 3 fully saturated rings. The molecule has 8 atom stereocenters. The van der Waals surface area contributed by atoms with Crippen LogP contribution in [0.1, 0.15) is 57.0 Å². The molecule has 182 valence electrons. The summed E-state index contributed by atoms with van der Waals surface area (Å²) in [6.07, 6.45) is 8.53. The van der Waals surface area contributed by atoms with Crippen LogP contribution in [0.4, 0.5) is 0 Å². The Morgan fingerprint density at radius 3 is 2.76 bits per heavy atom. The highest BCUT2D eigenvalue weighted by molar-refractivity contribution is 6.29. The van der Waals surface area contributed by atoms with Crippen LogP contribution in [0.2, 0.25) is 0 Å². The first kappa shape index (κ1) is 23.6. The van der Waals surface area contributed by atoms with E-state index in [0.717, 1.165) is 18.4 Å². The number of aliphatic hydroxyl groups excluding tert-OH is 1. The Labute approximate surface area is 204 Å². The molecule has 5 rings (SSSR count). The van der Waals surface area contributed by atoms with Crippen LogP contribution in [-0.2, 0) is 14.3 Å². The van der Waals surface area contributed by atoms with E-state index in [4.69, 9.17) is 20.8 Å². The van der Waals surface area contributed by atoms with Gasteiger partial charge in [0, 0.05) is 22.7 Å². The molecule has 0 aromatic carbocycles. The SMILES string of the molecule is C[C@@H]1CC2C3CCC4=CC(=O)C=C[C@]4(C)C3[C@@H](O)C[C@]2(C)[C@@]1(OC(=O)c1ccco1)C(=O)CCl. The quantitative estimate of drug-likeness (QED) is 0.497. The maximum atomic E-state index is 13.5. The lowest BCUT2D eigenvalue weighted by Crippen LogP contribution is -2.64. The van der Waals surface area contributed by atoms with Crippen molar-refractivity contribution in [1.29, 1.82) is 0 Å². The highest BCUT2D eigenvalue weighted by atomic mass is 35.5. The number of rotatable bonds is 4. The van der Waals surface area contributed by atoms with Gasteiger partial charge in [-0.05, 0) is 61.8 Å². The number of halogens is 1. The van der Waals surface area contributed by atoms with Crippen LogP contribution in [0, 0.1) is 34.5 Å². The fourth-order valence-corrected chi connectivity index (χ4v) is 8.40. The molecule has 4 aliphatic rings. The number of carbonyl (C=O) groups is 3. The molecule has 7 heteroatoms. The third-order valence-corrected chi connectivity index (χ3v) is 9.79. The zero-order chi connectivity index (χ0) is 24.5. The van der Waals surface area contributed by atoms with E-state index in [1.807, 2.05) is 19.9 Å². The van der Waals surface area contributed by atoms with Gasteiger partial charge in [0.25, 0.3) is 0 Å². The fourth-order valence-electron chi connectivity index (χ4n) is 8.20. The van der Waals surface area contributed by atoms with Gasteiger partial charge in [0.1, 0.15) is 0 Å². The molecule has 0 saturated heterocycles. The molecule has 0 amide bonds. The van der Waals surface area contributed by atoms with Crippen LogP contribution in [0.25, 0.3) is 0 Å². The number of hydrogen-bond acceptors (Lipinski definition) is 6. The van der Waals surface area contributed by atoms with Gasteiger partial charge in [-0.1, -0.05) is 32.4 Å². The Balaban J connectivity index is 1.57. The standard InChI is InChI=1S/C27H31ClO6/c1-15-11-19-18-7-6-16-12-17(29)8-9-25(16,2)23(18)20(30)13-26(19,3)27(15,22(31)14-28)34-24(32)21-5-4-10-33-21/h4-5,8-10,12,15,18-20,23,30H,6-7,11,13-14H2,1-3H3/t15-,18?,19?,20+,23?,25+,26+,27+/m1/s1. The van der Waals surface area contributed by atoms with Crippen molar-refractivity contribution in [3.8, 4) is 0 Å². The maximum absolute atomic E-state index is 13.5. The van der Waals surface area contributed by atoms with Gasteiger partial charge in [0.2, 0.25) is 5.76 Å². The summed E-state index contributed by atoms with van der Waals surface area (Å²) in [6.45, 7) is 6.03. The van der Waals surface area contributed by atoms with Crippen molar-refractivity contribution in [3.05, 3.63) is 48.0 Å². The fraction of sp³-hybridized carbons (Fsp3) is 0.593. The van der Waals surface area contributed by atoms with E-state index in [9.17, 15) is 19.5 Å². The Hall–Kier alpha value is -2.18. The lowest BCUT2D eigenvalue weighted by Gasteiger charge is -2.60. The van der Waals surface area contributed by atoms with Crippen molar-refractivity contribution >= 4 is 29.1 Å². The highest BCUT2D eigenvalue weighted by Crippen LogP contribution is 2.69. The summed E-state index contributed by atoms with van der Waals surface area (Å²) < 4.78 is 11.4. The van der Waals surface area contributed by atoms with Crippen LogP contribution in [-0.4, -0.2) is 40.2 Å².